The van der Waals surface area contributed by atoms with Crippen molar-refractivity contribution in [2.75, 3.05) is 12.4 Å². The van der Waals surface area contributed by atoms with Crippen molar-refractivity contribution in [1.82, 2.24) is 4.98 Å². The van der Waals surface area contributed by atoms with Crippen LogP contribution in [-0.4, -0.2) is 23.3 Å². The van der Waals surface area contributed by atoms with Gasteiger partial charge in [-0.05, 0) is 44.4 Å². The predicted molar refractivity (Wildman–Crippen MR) is 125 cm³/mol. The average Bonchev–Trinajstić information content (AvgIpc) is 2.81. The van der Waals surface area contributed by atoms with Crippen LogP contribution in [0.15, 0.2) is 58.1 Å². The molecule has 1 aromatic carbocycles. The van der Waals surface area contributed by atoms with Crippen LogP contribution in [0.5, 0.6) is 0 Å². The van der Waals surface area contributed by atoms with E-state index in [1.54, 1.807) is 6.92 Å². The number of hydrogen-bond donors (Lipinski definition) is 1. The highest BCUT2D eigenvalue weighted by Crippen LogP contribution is 2.41. The lowest BCUT2D eigenvalue weighted by atomic mass is 9.83. The number of hydrogen-bond acceptors (Lipinski definition) is 8. The van der Waals surface area contributed by atoms with E-state index in [0.29, 0.717) is 10.6 Å². The van der Waals surface area contributed by atoms with Crippen molar-refractivity contribution in [3.8, 4) is 12.1 Å². The highest BCUT2D eigenvalue weighted by Gasteiger charge is 2.37. The number of benzene rings is 1. The van der Waals surface area contributed by atoms with Gasteiger partial charge in [-0.2, -0.15) is 10.5 Å². The van der Waals surface area contributed by atoms with Crippen molar-refractivity contribution in [2.24, 2.45) is 5.73 Å². The number of allylic oxidation sites excluding steroid dienone is 1. The van der Waals surface area contributed by atoms with Crippen LogP contribution in [0.4, 0.5) is 0 Å². The maximum atomic E-state index is 13.0. The number of nitrogens with two attached hydrogens (primary N) is 1. The molecule has 1 aliphatic heterocycles. The smallest absolute Gasteiger partial charge is 0.338 e. The van der Waals surface area contributed by atoms with Crippen molar-refractivity contribution in [1.29, 1.82) is 10.5 Å². The zero-order valence-electron chi connectivity index (χ0n) is 18.9. The van der Waals surface area contributed by atoms with Crippen LogP contribution in [0.3, 0.4) is 0 Å². The number of aromatic nitrogens is 1. The molecule has 168 valence electrons. The van der Waals surface area contributed by atoms with Gasteiger partial charge in [-0.15, -0.1) is 0 Å². The molecule has 0 amide bonds. The Hall–Kier alpha value is -3.75. The first-order valence-corrected chi connectivity index (χ1v) is 11.4. The van der Waals surface area contributed by atoms with Crippen molar-refractivity contribution in [3.63, 3.8) is 0 Å². The standard InChI is InChI=1S/C25H24N4O3S/c1-5-31-25(30)22-20(13-33-24-18(11-26)15(3)14(2)16(4)29-24)32-23(28)19(12-27)21(22)17-9-7-6-8-10-17/h6-10,21H,5,13,28H2,1-4H3/t21-/m0/s1. The molecule has 0 saturated carbocycles. The Balaban J connectivity index is 2.11. The number of pyridine rings is 1. The molecule has 7 nitrogen and oxygen atoms in total. The molecule has 0 radical (unpaired) electrons. The second-order valence-corrected chi connectivity index (χ2v) is 8.38. The van der Waals surface area contributed by atoms with Gasteiger partial charge in [0.2, 0.25) is 5.88 Å². The second-order valence-electron chi connectivity index (χ2n) is 7.42. The lowest BCUT2D eigenvalue weighted by Crippen LogP contribution is -2.27. The Morgan fingerprint density at radius 1 is 1.18 bits per heavy atom. The van der Waals surface area contributed by atoms with Crippen molar-refractivity contribution in [2.45, 2.75) is 38.6 Å². The number of thioether (sulfide) groups is 1. The monoisotopic (exact) mass is 460 g/mol. The molecule has 33 heavy (non-hydrogen) atoms. The maximum absolute atomic E-state index is 13.0. The topological polar surface area (TPSA) is 122 Å². The third kappa shape index (κ3) is 4.72. The predicted octanol–water partition coefficient (Wildman–Crippen LogP) is 4.30. The fourth-order valence-corrected chi connectivity index (χ4v) is 4.64. The molecule has 0 bridgehead atoms. The van der Waals surface area contributed by atoms with E-state index in [2.05, 4.69) is 17.1 Å². The number of esters is 1. The van der Waals surface area contributed by atoms with E-state index in [-0.39, 0.29) is 35.1 Å². The van der Waals surface area contributed by atoms with E-state index in [1.165, 1.54) is 11.8 Å². The molecule has 0 spiro atoms. The van der Waals surface area contributed by atoms with Crippen molar-refractivity contribution in [3.05, 3.63) is 81.1 Å². The lowest BCUT2D eigenvalue weighted by Gasteiger charge is -2.28. The average molecular weight is 461 g/mol. The largest absolute Gasteiger partial charge is 0.463 e. The summed E-state index contributed by atoms with van der Waals surface area (Å²) in [5.41, 5.74) is 10.3. The van der Waals surface area contributed by atoms with E-state index in [9.17, 15) is 15.3 Å². The molecule has 1 aliphatic rings. The van der Waals surface area contributed by atoms with Gasteiger partial charge in [0.05, 0.1) is 29.4 Å². The minimum absolute atomic E-state index is 0.0558. The van der Waals surface area contributed by atoms with Crippen LogP contribution < -0.4 is 5.73 Å². The van der Waals surface area contributed by atoms with Gasteiger partial charge >= 0.3 is 5.97 Å². The number of nitrogens with zero attached hydrogens (tertiary/aromatic N) is 3. The highest BCUT2D eigenvalue weighted by molar-refractivity contribution is 7.99. The Morgan fingerprint density at radius 3 is 2.48 bits per heavy atom. The lowest BCUT2D eigenvalue weighted by molar-refractivity contribution is -0.139. The fourth-order valence-electron chi connectivity index (χ4n) is 3.62. The zero-order chi connectivity index (χ0) is 24.1. The van der Waals surface area contributed by atoms with Crippen molar-refractivity contribution >= 4 is 17.7 Å². The van der Waals surface area contributed by atoms with Crippen molar-refractivity contribution < 1.29 is 14.3 Å². The molecule has 2 heterocycles. The number of rotatable bonds is 6. The molecule has 0 unspecified atom stereocenters. The Labute approximate surface area is 197 Å². The van der Waals surface area contributed by atoms with Crippen LogP contribution in [0, 0.1) is 43.4 Å². The molecule has 1 aromatic heterocycles. The first-order valence-electron chi connectivity index (χ1n) is 10.4. The van der Waals surface area contributed by atoms with Crippen LogP contribution in [0.25, 0.3) is 0 Å². The minimum atomic E-state index is -0.718. The SMILES string of the molecule is CCOC(=O)C1=C(CSc2nc(C)c(C)c(C)c2C#N)OC(N)=C(C#N)[C@@H]1c1ccccc1. The van der Waals surface area contributed by atoms with Gasteiger partial charge in [-0.25, -0.2) is 9.78 Å². The third-order valence-corrected chi connectivity index (χ3v) is 6.52. The zero-order valence-corrected chi connectivity index (χ0v) is 19.7. The molecular weight excluding hydrogens is 436 g/mol. The van der Waals surface area contributed by atoms with Crippen LogP contribution in [0.2, 0.25) is 0 Å². The van der Waals surface area contributed by atoms with Gasteiger partial charge in [0, 0.05) is 5.69 Å². The van der Waals surface area contributed by atoms with Crippen LogP contribution in [-0.2, 0) is 14.3 Å². The summed E-state index contributed by atoms with van der Waals surface area (Å²) in [6.07, 6.45) is 0. The number of nitriles is 2. The van der Waals surface area contributed by atoms with Gasteiger partial charge in [-0.1, -0.05) is 42.1 Å². The normalized spacial score (nSPS) is 15.5. The molecule has 1 atom stereocenters. The van der Waals surface area contributed by atoms with Gasteiger partial charge < -0.3 is 15.2 Å². The highest BCUT2D eigenvalue weighted by atomic mass is 32.2. The molecule has 0 fully saturated rings. The summed E-state index contributed by atoms with van der Waals surface area (Å²) in [5.74, 6) is -0.887. The molecule has 2 aromatic rings. The summed E-state index contributed by atoms with van der Waals surface area (Å²) in [6, 6.07) is 13.5. The summed E-state index contributed by atoms with van der Waals surface area (Å²) in [6.45, 7) is 7.59. The number of ether oxygens (including phenoxy) is 2. The minimum Gasteiger partial charge on any atom is -0.463 e. The van der Waals surface area contributed by atoms with Crippen LogP contribution in [0.1, 0.15) is 40.8 Å². The van der Waals surface area contributed by atoms with E-state index in [0.717, 1.165) is 22.4 Å². The Morgan fingerprint density at radius 2 is 1.88 bits per heavy atom. The maximum Gasteiger partial charge on any atom is 0.338 e. The first kappa shape index (κ1) is 23.9. The van der Waals surface area contributed by atoms with Gasteiger partial charge in [0.15, 0.2) is 0 Å². The number of carbonyl (C=O) groups excluding carboxylic acids is 1. The van der Waals surface area contributed by atoms with E-state index in [1.807, 2.05) is 51.1 Å². The number of carbonyl (C=O) groups is 1. The quantitative estimate of drug-likeness (QED) is 0.500. The van der Waals surface area contributed by atoms with Gasteiger partial charge in [0.25, 0.3) is 0 Å². The molecule has 2 N–H and O–H groups in total. The number of aryl methyl sites for hydroxylation is 1. The molecule has 8 heteroatoms. The summed E-state index contributed by atoms with van der Waals surface area (Å²) >= 11 is 1.28. The summed E-state index contributed by atoms with van der Waals surface area (Å²) in [7, 11) is 0. The van der Waals surface area contributed by atoms with E-state index in [4.69, 9.17) is 15.2 Å². The fraction of sp³-hybridized carbons (Fsp3) is 0.280. The van der Waals surface area contributed by atoms with Gasteiger partial charge in [-0.3, -0.25) is 0 Å². The van der Waals surface area contributed by atoms with Gasteiger partial charge in [0.1, 0.15) is 28.5 Å². The third-order valence-electron chi connectivity index (χ3n) is 5.54. The van der Waals surface area contributed by atoms with Crippen LogP contribution >= 0.6 is 11.8 Å². The summed E-state index contributed by atoms with van der Waals surface area (Å²) in [4.78, 5) is 17.6. The summed E-state index contributed by atoms with van der Waals surface area (Å²) < 4.78 is 11.1. The van der Waals surface area contributed by atoms with E-state index >= 15 is 0 Å². The second kappa shape index (κ2) is 10.2. The molecule has 0 aliphatic carbocycles. The Bertz CT molecular complexity index is 1240. The molecular formula is C25H24N4O3S. The van der Waals surface area contributed by atoms with E-state index < -0.39 is 11.9 Å². The first-order chi connectivity index (χ1) is 15.8. The molecule has 0 saturated heterocycles. The molecule has 3 rings (SSSR count). The Kier molecular flexibility index (Phi) is 7.42. The summed E-state index contributed by atoms with van der Waals surface area (Å²) in [5, 5.41) is 20.0.